The van der Waals surface area contributed by atoms with Crippen LogP contribution in [0.1, 0.15) is 11.6 Å². The molecule has 4 nitrogen and oxygen atoms in total. The first kappa shape index (κ1) is 12.9. The van der Waals surface area contributed by atoms with Crippen LogP contribution in [0.25, 0.3) is 10.8 Å². The third-order valence-electron chi connectivity index (χ3n) is 2.75. The number of fused-ring (bicyclic) bond motifs is 1. The number of hydrogen-bond acceptors (Lipinski definition) is 3. The van der Waals surface area contributed by atoms with Crippen molar-refractivity contribution in [2.24, 2.45) is 5.73 Å². The van der Waals surface area contributed by atoms with Gasteiger partial charge in [-0.1, -0.05) is 22.0 Å². The summed E-state index contributed by atoms with van der Waals surface area (Å²) in [6.07, 6.45) is 0. The second-order valence-electron chi connectivity index (χ2n) is 3.90. The van der Waals surface area contributed by atoms with E-state index < -0.39 is 12.0 Å². The van der Waals surface area contributed by atoms with E-state index in [-0.39, 0.29) is 0 Å². The minimum atomic E-state index is -1.09. The van der Waals surface area contributed by atoms with Gasteiger partial charge in [0, 0.05) is 10.0 Å². The van der Waals surface area contributed by atoms with Gasteiger partial charge in [-0.2, -0.15) is 0 Å². The Kier molecular flexibility index (Phi) is 3.54. The summed E-state index contributed by atoms with van der Waals surface area (Å²) in [7, 11) is 1.50. The Bertz CT molecular complexity index is 612. The summed E-state index contributed by atoms with van der Waals surface area (Å²) >= 11 is 3.38. The molecule has 5 heteroatoms. The molecule has 2 aromatic rings. The molecule has 0 aromatic heterocycles. The lowest BCUT2D eigenvalue weighted by molar-refractivity contribution is -0.138. The molecule has 0 heterocycles. The van der Waals surface area contributed by atoms with Crippen LogP contribution in [-0.4, -0.2) is 18.2 Å². The van der Waals surface area contributed by atoms with Gasteiger partial charge in [0.1, 0.15) is 11.8 Å². The summed E-state index contributed by atoms with van der Waals surface area (Å²) in [5.41, 5.74) is 6.12. The van der Waals surface area contributed by atoms with Crippen LogP contribution >= 0.6 is 15.9 Å². The molecule has 2 aromatic carbocycles. The van der Waals surface area contributed by atoms with Gasteiger partial charge in [0.25, 0.3) is 0 Å². The fourth-order valence-electron chi connectivity index (χ4n) is 1.82. The minimum Gasteiger partial charge on any atom is -0.496 e. The van der Waals surface area contributed by atoms with Crippen LogP contribution in [0.15, 0.2) is 34.8 Å². The van der Waals surface area contributed by atoms with Crippen LogP contribution in [0.3, 0.4) is 0 Å². The van der Waals surface area contributed by atoms with Crippen LogP contribution in [0.5, 0.6) is 5.75 Å². The number of hydrogen-bond donors (Lipinski definition) is 2. The molecule has 0 aliphatic heterocycles. The van der Waals surface area contributed by atoms with E-state index in [0.717, 1.165) is 15.2 Å². The molecule has 1 unspecified atom stereocenters. The van der Waals surface area contributed by atoms with Gasteiger partial charge in [-0.05, 0) is 35.0 Å². The van der Waals surface area contributed by atoms with Crippen molar-refractivity contribution in [3.63, 3.8) is 0 Å². The van der Waals surface area contributed by atoms with E-state index in [4.69, 9.17) is 15.6 Å². The fraction of sp³-hybridized carbons (Fsp3) is 0.154. The second kappa shape index (κ2) is 4.96. The first-order valence-corrected chi connectivity index (χ1v) is 6.08. The normalized spacial score (nSPS) is 12.4. The Balaban J connectivity index is 2.67. The van der Waals surface area contributed by atoms with Gasteiger partial charge in [-0.25, -0.2) is 0 Å². The van der Waals surface area contributed by atoms with E-state index in [0.29, 0.717) is 11.3 Å². The van der Waals surface area contributed by atoms with E-state index in [1.165, 1.54) is 7.11 Å². The van der Waals surface area contributed by atoms with Crippen molar-refractivity contribution >= 4 is 32.7 Å². The Labute approximate surface area is 112 Å². The highest BCUT2D eigenvalue weighted by atomic mass is 79.9. The molecule has 0 amide bonds. The molecule has 0 saturated carbocycles. The Morgan fingerprint density at radius 2 is 2.06 bits per heavy atom. The van der Waals surface area contributed by atoms with Gasteiger partial charge < -0.3 is 15.6 Å². The molecule has 0 bridgehead atoms. The number of carbonyl (C=O) groups is 1. The lowest BCUT2D eigenvalue weighted by Gasteiger charge is -2.13. The van der Waals surface area contributed by atoms with E-state index in [9.17, 15) is 4.79 Å². The quantitative estimate of drug-likeness (QED) is 0.914. The summed E-state index contributed by atoms with van der Waals surface area (Å²) in [5, 5.41) is 10.9. The van der Waals surface area contributed by atoms with Crippen molar-refractivity contribution in [2.75, 3.05) is 7.11 Å². The molecule has 94 valence electrons. The minimum absolute atomic E-state index is 0.468. The van der Waals surface area contributed by atoms with Crippen molar-refractivity contribution in [2.45, 2.75) is 6.04 Å². The number of carboxylic acid groups (broad SMARTS) is 1. The van der Waals surface area contributed by atoms with Gasteiger partial charge in [0.2, 0.25) is 0 Å². The van der Waals surface area contributed by atoms with Crippen LogP contribution in [0.2, 0.25) is 0 Å². The number of ether oxygens (including phenoxy) is 1. The fourth-order valence-corrected chi connectivity index (χ4v) is 2.20. The van der Waals surface area contributed by atoms with Crippen molar-refractivity contribution in [3.8, 4) is 5.75 Å². The maximum Gasteiger partial charge on any atom is 0.325 e. The number of nitrogens with two attached hydrogens (primary N) is 1. The van der Waals surface area contributed by atoms with Gasteiger partial charge in [0.15, 0.2) is 0 Å². The molecule has 1 atom stereocenters. The van der Waals surface area contributed by atoms with Crippen molar-refractivity contribution in [3.05, 3.63) is 40.4 Å². The molecule has 3 N–H and O–H groups in total. The molecule has 0 saturated heterocycles. The first-order valence-electron chi connectivity index (χ1n) is 5.28. The van der Waals surface area contributed by atoms with E-state index >= 15 is 0 Å². The first-order chi connectivity index (χ1) is 8.52. The lowest BCUT2D eigenvalue weighted by atomic mass is 10.0. The molecule has 0 aliphatic rings. The maximum absolute atomic E-state index is 11.0. The predicted octanol–water partition coefficient (Wildman–Crippen LogP) is 2.70. The highest BCUT2D eigenvalue weighted by Gasteiger charge is 2.19. The number of halogens is 1. The van der Waals surface area contributed by atoms with E-state index in [1.807, 2.05) is 18.2 Å². The molecule has 0 radical (unpaired) electrons. The standard InChI is InChI=1S/C13H12BrNO3/c1-18-11-6-7-2-3-9(14)4-8(7)5-10(11)12(15)13(16)17/h2-6,12H,15H2,1H3,(H,16,17). The van der Waals surface area contributed by atoms with Crippen LogP contribution in [-0.2, 0) is 4.79 Å². The number of aliphatic carboxylic acids is 1. The summed E-state index contributed by atoms with van der Waals surface area (Å²) in [6, 6.07) is 8.20. The average Bonchev–Trinajstić information content (AvgIpc) is 2.36. The average molecular weight is 310 g/mol. The monoisotopic (exact) mass is 309 g/mol. The third-order valence-corrected chi connectivity index (χ3v) is 3.25. The molecule has 2 rings (SSSR count). The summed E-state index contributed by atoms with van der Waals surface area (Å²) in [4.78, 5) is 11.0. The topological polar surface area (TPSA) is 72.5 Å². The largest absolute Gasteiger partial charge is 0.496 e. The van der Waals surface area contributed by atoms with Gasteiger partial charge in [0.05, 0.1) is 7.11 Å². The highest BCUT2D eigenvalue weighted by Crippen LogP contribution is 2.31. The molecule has 0 spiro atoms. The Morgan fingerprint density at radius 1 is 1.33 bits per heavy atom. The molecular formula is C13H12BrNO3. The number of rotatable bonds is 3. The number of methoxy groups -OCH3 is 1. The molecule has 0 fully saturated rings. The Hall–Kier alpha value is -1.59. The van der Waals surface area contributed by atoms with Crippen molar-refractivity contribution in [1.82, 2.24) is 0 Å². The second-order valence-corrected chi connectivity index (χ2v) is 4.82. The van der Waals surface area contributed by atoms with Gasteiger partial charge in [-0.15, -0.1) is 0 Å². The summed E-state index contributed by atoms with van der Waals surface area (Å²) in [5.74, 6) is -0.595. The SMILES string of the molecule is COc1cc2ccc(Br)cc2cc1C(N)C(=O)O. The molecule has 18 heavy (non-hydrogen) atoms. The third kappa shape index (κ3) is 2.32. The predicted molar refractivity (Wildman–Crippen MR) is 72.8 cm³/mol. The van der Waals surface area contributed by atoms with Crippen LogP contribution < -0.4 is 10.5 Å². The zero-order valence-electron chi connectivity index (χ0n) is 9.68. The summed E-state index contributed by atoms with van der Waals surface area (Å²) < 4.78 is 6.13. The van der Waals surface area contributed by atoms with E-state index in [2.05, 4.69) is 15.9 Å². The van der Waals surface area contributed by atoms with E-state index in [1.54, 1.807) is 12.1 Å². The van der Waals surface area contributed by atoms with Crippen molar-refractivity contribution < 1.29 is 14.6 Å². The highest BCUT2D eigenvalue weighted by molar-refractivity contribution is 9.10. The zero-order chi connectivity index (χ0) is 13.3. The summed E-state index contributed by atoms with van der Waals surface area (Å²) in [6.45, 7) is 0. The van der Waals surface area contributed by atoms with Crippen molar-refractivity contribution in [1.29, 1.82) is 0 Å². The molecular weight excluding hydrogens is 298 g/mol. The van der Waals surface area contributed by atoms with Gasteiger partial charge in [-0.3, -0.25) is 4.79 Å². The number of benzene rings is 2. The zero-order valence-corrected chi connectivity index (χ0v) is 11.3. The number of carboxylic acids is 1. The van der Waals surface area contributed by atoms with Crippen LogP contribution in [0.4, 0.5) is 0 Å². The smallest absolute Gasteiger partial charge is 0.325 e. The maximum atomic E-state index is 11.0. The van der Waals surface area contributed by atoms with Gasteiger partial charge >= 0.3 is 5.97 Å². The van der Waals surface area contributed by atoms with Crippen LogP contribution in [0, 0.1) is 0 Å². The lowest BCUT2D eigenvalue weighted by Crippen LogP contribution is -2.21. The Morgan fingerprint density at radius 3 is 2.67 bits per heavy atom. The molecule has 0 aliphatic carbocycles.